The van der Waals surface area contributed by atoms with Crippen molar-refractivity contribution in [2.24, 2.45) is 5.73 Å². The summed E-state index contributed by atoms with van der Waals surface area (Å²) in [6.45, 7) is 0.171. The number of nitrogens with two attached hydrogens (primary N) is 1. The van der Waals surface area contributed by atoms with Crippen molar-refractivity contribution in [2.75, 3.05) is 10.6 Å². The number of benzene rings is 3. The second-order valence-electron chi connectivity index (χ2n) is 7.31. The number of para-hydroxylation sites is 1. The molecule has 0 saturated carbocycles. The third-order valence-electron chi connectivity index (χ3n) is 4.88. The van der Waals surface area contributed by atoms with E-state index in [4.69, 9.17) is 10.5 Å². The maximum Gasteiger partial charge on any atom is 0.265 e. The van der Waals surface area contributed by atoms with Crippen molar-refractivity contribution in [3.63, 3.8) is 0 Å². The Kier molecular flexibility index (Phi) is 7.00. The summed E-state index contributed by atoms with van der Waals surface area (Å²) in [5.41, 5.74) is 8.13. The van der Waals surface area contributed by atoms with E-state index in [1.54, 1.807) is 72.8 Å². The van der Waals surface area contributed by atoms with Gasteiger partial charge < -0.3 is 21.1 Å². The highest BCUT2D eigenvalue weighted by molar-refractivity contribution is 7.12. The zero-order chi connectivity index (χ0) is 23.9. The zero-order valence-electron chi connectivity index (χ0n) is 18.0. The lowest BCUT2D eigenvalue weighted by Crippen LogP contribution is -2.14. The quantitative estimate of drug-likeness (QED) is 0.338. The van der Waals surface area contributed by atoms with Gasteiger partial charge in [-0.2, -0.15) is 0 Å². The van der Waals surface area contributed by atoms with Gasteiger partial charge in [0, 0.05) is 16.9 Å². The first-order chi connectivity index (χ1) is 16.5. The number of nitrogens with one attached hydrogen (secondary N) is 2. The van der Waals surface area contributed by atoms with Crippen LogP contribution in [0, 0.1) is 0 Å². The highest BCUT2D eigenvalue weighted by atomic mass is 32.1. The number of hydrogen-bond donors (Lipinski definition) is 3. The molecule has 0 aliphatic heterocycles. The summed E-state index contributed by atoms with van der Waals surface area (Å²) in [4.78, 5) is 37.0. The Balaban J connectivity index is 1.37. The predicted octanol–water partition coefficient (Wildman–Crippen LogP) is 4.93. The van der Waals surface area contributed by atoms with Crippen LogP contribution in [-0.2, 0) is 6.61 Å². The van der Waals surface area contributed by atoms with Crippen LogP contribution in [0.3, 0.4) is 0 Å². The number of primary amides is 1. The number of rotatable bonds is 8. The molecular weight excluding hydrogens is 450 g/mol. The van der Waals surface area contributed by atoms with Crippen LogP contribution in [0.1, 0.15) is 36.0 Å². The van der Waals surface area contributed by atoms with Crippen LogP contribution in [-0.4, -0.2) is 17.7 Å². The van der Waals surface area contributed by atoms with E-state index in [0.29, 0.717) is 33.1 Å². The topological polar surface area (TPSA) is 111 Å². The number of thiophene rings is 1. The summed E-state index contributed by atoms with van der Waals surface area (Å²) >= 11 is 1.37. The summed E-state index contributed by atoms with van der Waals surface area (Å²) in [6, 6.07) is 24.2. The van der Waals surface area contributed by atoms with Gasteiger partial charge in [0.05, 0.1) is 10.4 Å². The number of carbonyl (C=O) groups is 3. The normalized spacial score (nSPS) is 10.4. The molecule has 0 bridgehead atoms. The van der Waals surface area contributed by atoms with Gasteiger partial charge in [0.15, 0.2) is 0 Å². The molecule has 4 N–H and O–H groups in total. The molecule has 0 radical (unpaired) electrons. The van der Waals surface area contributed by atoms with Gasteiger partial charge >= 0.3 is 0 Å². The number of hydrogen-bond acceptors (Lipinski definition) is 5. The lowest BCUT2D eigenvalue weighted by Gasteiger charge is -2.11. The van der Waals surface area contributed by atoms with Gasteiger partial charge in [-0.15, -0.1) is 11.3 Å². The lowest BCUT2D eigenvalue weighted by atomic mass is 10.1. The first-order valence-electron chi connectivity index (χ1n) is 10.4. The average molecular weight is 472 g/mol. The fraction of sp³-hybridized carbons (Fsp3) is 0.0385. The Morgan fingerprint density at radius 2 is 1.50 bits per heavy atom. The minimum Gasteiger partial charge on any atom is -0.488 e. The van der Waals surface area contributed by atoms with E-state index >= 15 is 0 Å². The van der Waals surface area contributed by atoms with Crippen LogP contribution in [0.2, 0.25) is 0 Å². The highest BCUT2D eigenvalue weighted by Gasteiger charge is 2.11. The summed E-state index contributed by atoms with van der Waals surface area (Å²) in [7, 11) is 0. The van der Waals surface area contributed by atoms with Crippen molar-refractivity contribution in [1.29, 1.82) is 0 Å². The molecular formula is C26H21N3O4S. The molecule has 1 aromatic heterocycles. The first-order valence-corrected chi connectivity index (χ1v) is 11.2. The molecule has 7 nitrogen and oxygen atoms in total. The van der Waals surface area contributed by atoms with E-state index in [1.807, 2.05) is 17.5 Å². The Bertz CT molecular complexity index is 1320. The largest absolute Gasteiger partial charge is 0.488 e. The number of carbonyl (C=O) groups excluding carboxylic acids is 3. The number of amides is 3. The second kappa shape index (κ2) is 10.5. The molecule has 34 heavy (non-hydrogen) atoms. The van der Waals surface area contributed by atoms with Crippen molar-refractivity contribution >= 4 is 40.4 Å². The summed E-state index contributed by atoms with van der Waals surface area (Å²) in [5.74, 6) is -0.643. The standard InChI is InChI=1S/C26H21N3O4S/c27-24(30)21-7-1-2-8-22(21)33-16-17-5-3-6-18(15-17)25(31)28-19-10-12-20(13-11-19)29-26(32)23-9-4-14-34-23/h1-15H,16H2,(H2,27,30)(H,28,31)(H,29,32). The molecule has 0 fully saturated rings. The van der Waals surface area contributed by atoms with Crippen LogP contribution >= 0.6 is 11.3 Å². The third-order valence-corrected chi connectivity index (χ3v) is 5.75. The maximum absolute atomic E-state index is 12.7. The van der Waals surface area contributed by atoms with Gasteiger partial charge in [0.1, 0.15) is 12.4 Å². The molecule has 0 unspecified atom stereocenters. The number of anilines is 2. The molecule has 4 rings (SSSR count). The van der Waals surface area contributed by atoms with Crippen molar-refractivity contribution in [2.45, 2.75) is 6.61 Å². The van der Waals surface area contributed by atoms with Crippen LogP contribution < -0.4 is 21.1 Å². The molecule has 3 amide bonds. The summed E-state index contributed by atoms with van der Waals surface area (Å²) in [5, 5.41) is 7.50. The molecule has 4 aromatic rings. The van der Waals surface area contributed by atoms with Crippen LogP contribution in [0.25, 0.3) is 0 Å². The summed E-state index contributed by atoms with van der Waals surface area (Å²) in [6.07, 6.45) is 0. The fourth-order valence-corrected chi connectivity index (χ4v) is 3.82. The third kappa shape index (κ3) is 5.67. The predicted molar refractivity (Wildman–Crippen MR) is 132 cm³/mol. The van der Waals surface area contributed by atoms with Gasteiger partial charge in [-0.1, -0.05) is 30.3 Å². The van der Waals surface area contributed by atoms with Crippen molar-refractivity contribution in [3.05, 3.63) is 112 Å². The van der Waals surface area contributed by atoms with E-state index < -0.39 is 5.91 Å². The average Bonchev–Trinajstić information content (AvgIpc) is 3.39. The van der Waals surface area contributed by atoms with E-state index in [2.05, 4.69) is 10.6 Å². The minimum atomic E-state index is -0.569. The molecule has 170 valence electrons. The molecule has 0 spiro atoms. The number of ether oxygens (including phenoxy) is 1. The van der Waals surface area contributed by atoms with Crippen molar-refractivity contribution in [1.82, 2.24) is 0 Å². The van der Waals surface area contributed by atoms with Crippen LogP contribution in [0.5, 0.6) is 5.75 Å². The van der Waals surface area contributed by atoms with Crippen LogP contribution in [0.15, 0.2) is 90.3 Å². The molecule has 0 aliphatic rings. The Morgan fingerprint density at radius 1 is 0.794 bits per heavy atom. The smallest absolute Gasteiger partial charge is 0.265 e. The Hall–Kier alpha value is -4.43. The van der Waals surface area contributed by atoms with E-state index in [9.17, 15) is 14.4 Å². The van der Waals surface area contributed by atoms with Crippen molar-refractivity contribution in [3.8, 4) is 5.75 Å². The van der Waals surface area contributed by atoms with E-state index in [-0.39, 0.29) is 18.4 Å². The Labute approximate surface area is 200 Å². The lowest BCUT2D eigenvalue weighted by molar-refractivity contribution is 0.0992. The molecule has 1 heterocycles. The van der Waals surface area contributed by atoms with Crippen LogP contribution in [0.4, 0.5) is 11.4 Å². The Morgan fingerprint density at radius 3 is 2.18 bits per heavy atom. The monoisotopic (exact) mass is 471 g/mol. The first kappa shape index (κ1) is 22.8. The summed E-state index contributed by atoms with van der Waals surface area (Å²) < 4.78 is 5.74. The molecule has 8 heteroatoms. The fourth-order valence-electron chi connectivity index (χ4n) is 3.20. The van der Waals surface area contributed by atoms with Crippen molar-refractivity contribution < 1.29 is 19.1 Å². The molecule has 0 aliphatic carbocycles. The zero-order valence-corrected chi connectivity index (χ0v) is 18.8. The van der Waals surface area contributed by atoms with Gasteiger partial charge in [0.25, 0.3) is 17.7 Å². The van der Waals surface area contributed by atoms with Gasteiger partial charge in [-0.3, -0.25) is 14.4 Å². The molecule has 3 aromatic carbocycles. The highest BCUT2D eigenvalue weighted by Crippen LogP contribution is 2.20. The molecule has 0 atom stereocenters. The maximum atomic E-state index is 12.7. The van der Waals surface area contributed by atoms with Gasteiger partial charge in [-0.25, -0.2) is 0 Å². The van der Waals surface area contributed by atoms with E-state index in [0.717, 1.165) is 5.56 Å². The van der Waals surface area contributed by atoms with Gasteiger partial charge in [-0.05, 0) is 65.5 Å². The van der Waals surface area contributed by atoms with E-state index in [1.165, 1.54) is 11.3 Å². The van der Waals surface area contributed by atoms with Gasteiger partial charge in [0.2, 0.25) is 0 Å². The second-order valence-corrected chi connectivity index (χ2v) is 8.26. The molecule has 0 saturated heterocycles. The minimum absolute atomic E-state index is 0.171. The SMILES string of the molecule is NC(=O)c1ccccc1OCc1cccc(C(=O)Nc2ccc(NC(=O)c3cccs3)cc2)c1.